The van der Waals surface area contributed by atoms with E-state index in [0.29, 0.717) is 22.3 Å². The van der Waals surface area contributed by atoms with Gasteiger partial charge in [-0.05, 0) is 35.9 Å². The van der Waals surface area contributed by atoms with Crippen molar-refractivity contribution in [1.82, 2.24) is 15.3 Å². The summed E-state index contributed by atoms with van der Waals surface area (Å²) in [6, 6.07) is 21.2. The van der Waals surface area contributed by atoms with E-state index in [1.807, 2.05) is 12.1 Å². The number of carbonyl (C=O) groups excluding carboxylic acids is 2. The lowest BCUT2D eigenvalue weighted by atomic mass is 10.0. The van der Waals surface area contributed by atoms with Gasteiger partial charge >= 0.3 is 0 Å². The lowest BCUT2D eigenvalue weighted by molar-refractivity contribution is -0.118. The number of carbonyl (C=O) groups is 2. The van der Waals surface area contributed by atoms with E-state index in [9.17, 15) is 18.4 Å². The summed E-state index contributed by atoms with van der Waals surface area (Å²) in [6.45, 7) is 0. The van der Waals surface area contributed by atoms with E-state index in [0.717, 1.165) is 0 Å². The van der Waals surface area contributed by atoms with Crippen molar-refractivity contribution < 1.29 is 18.4 Å². The normalized spacial score (nSPS) is 12.0. The molecule has 156 valence electrons. The van der Waals surface area contributed by atoms with Crippen LogP contribution in [0.1, 0.15) is 34.2 Å². The predicted octanol–water partition coefficient (Wildman–Crippen LogP) is 4.61. The van der Waals surface area contributed by atoms with Gasteiger partial charge in [-0.2, -0.15) is 0 Å². The number of nitrogens with one attached hydrogen (secondary N) is 3. The number of benzene rings is 3. The predicted molar refractivity (Wildman–Crippen MR) is 113 cm³/mol. The fourth-order valence-corrected chi connectivity index (χ4v) is 3.17. The van der Waals surface area contributed by atoms with Gasteiger partial charge in [0.15, 0.2) is 5.82 Å². The number of alkyl halides is 2. The summed E-state index contributed by atoms with van der Waals surface area (Å²) in [4.78, 5) is 32.1. The van der Waals surface area contributed by atoms with E-state index in [1.54, 1.807) is 48.5 Å². The molecule has 0 saturated heterocycles. The monoisotopic (exact) mass is 420 g/mol. The van der Waals surface area contributed by atoms with Crippen molar-refractivity contribution in [2.45, 2.75) is 12.5 Å². The quantitative estimate of drug-likeness (QED) is 0.426. The van der Waals surface area contributed by atoms with Crippen molar-refractivity contribution in [3.05, 3.63) is 95.8 Å². The van der Waals surface area contributed by atoms with Crippen LogP contribution in [0.15, 0.2) is 78.9 Å². The number of nitrogens with zero attached hydrogens (tertiary/aromatic N) is 1. The molecule has 4 rings (SSSR count). The van der Waals surface area contributed by atoms with Crippen molar-refractivity contribution >= 4 is 28.5 Å². The third kappa shape index (κ3) is 4.58. The molecule has 0 radical (unpaired) electrons. The van der Waals surface area contributed by atoms with Crippen LogP contribution >= 0.6 is 0 Å². The number of anilines is 1. The largest absolute Gasteiger partial charge is 0.337 e. The van der Waals surface area contributed by atoms with Crippen LogP contribution in [0, 0.1) is 0 Å². The lowest BCUT2D eigenvalue weighted by Crippen LogP contribution is -2.37. The number of amides is 2. The first-order valence-corrected chi connectivity index (χ1v) is 9.51. The van der Waals surface area contributed by atoms with Crippen molar-refractivity contribution in [2.24, 2.45) is 0 Å². The molecule has 3 N–H and O–H groups in total. The maximum absolute atomic E-state index is 12.9. The molecule has 8 heteroatoms. The van der Waals surface area contributed by atoms with Crippen LogP contribution in [0.5, 0.6) is 0 Å². The second kappa shape index (κ2) is 8.74. The first kappa shape index (κ1) is 20.2. The van der Waals surface area contributed by atoms with Crippen molar-refractivity contribution in [1.29, 1.82) is 0 Å². The molecule has 0 aliphatic carbocycles. The highest BCUT2D eigenvalue weighted by Crippen LogP contribution is 2.22. The molecule has 3 aromatic carbocycles. The van der Waals surface area contributed by atoms with E-state index >= 15 is 0 Å². The fourth-order valence-electron chi connectivity index (χ4n) is 3.17. The number of imidazole rings is 1. The zero-order chi connectivity index (χ0) is 21.8. The SMILES string of the molecule is O=C(NC(C(=O)Nc1ccccc1)c1ccccc1)c1ccc2nc(C(F)F)[nH]c2c1. The minimum Gasteiger partial charge on any atom is -0.337 e. The average Bonchev–Trinajstić information content (AvgIpc) is 3.22. The third-order valence-electron chi connectivity index (χ3n) is 4.68. The molecule has 6 nitrogen and oxygen atoms in total. The number of aromatic amines is 1. The zero-order valence-corrected chi connectivity index (χ0v) is 16.2. The molecule has 1 atom stereocenters. The molecule has 31 heavy (non-hydrogen) atoms. The van der Waals surface area contributed by atoms with E-state index in [1.165, 1.54) is 18.2 Å². The summed E-state index contributed by atoms with van der Waals surface area (Å²) in [5.74, 6) is -1.39. The molecule has 0 spiro atoms. The van der Waals surface area contributed by atoms with Gasteiger partial charge in [-0.1, -0.05) is 48.5 Å². The zero-order valence-electron chi connectivity index (χ0n) is 16.2. The number of hydrogen-bond acceptors (Lipinski definition) is 3. The summed E-state index contributed by atoms with van der Waals surface area (Å²) in [6.07, 6.45) is -2.74. The van der Waals surface area contributed by atoms with Crippen LogP contribution in [0.25, 0.3) is 11.0 Å². The Morgan fingerprint density at radius 2 is 1.58 bits per heavy atom. The molecular weight excluding hydrogens is 402 g/mol. The second-order valence-electron chi connectivity index (χ2n) is 6.83. The van der Waals surface area contributed by atoms with Gasteiger partial charge in [0.1, 0.15) is 6.04 Å². The Bertz CT molecular complexity index is 1210. The number of aromatic nitrogens is 2. The topological polar surface area (TPSA) is 86.9 Å². The molecule has 4 aromatic rings. The second-order valence-corrected chi connectivity index (χ2v) is 6.83. The van der Waals surface area contributed by atoms with Gasteiger partial charge in [0.25, 0.3) is 18.2 Å². The van der Waals surface area contributed by atoms with Gasteiger partial charge < -0.3 is 15.6 Å². The van der Waals surface area contributed by atoms with E-state index < -0.39 is 30.1 Å². The Labute approximate surface area is 176 Å². The number of para-hydroxylation sites is 1. The Morgan fingerprint density at radius 3 is 2.26 bits per heavy atom. The van der Waals surface area contributed by atoms with Crippen LogP contribution in [-0.4, -0.2) is 21.8 Å². The maximum Gasteiger partial charge on any atom is 0.295 e. The van der Waals surface area contributed by atoms with Gasteiger partial charge in [-0.15, -0.1) is 0 Å². The van der Waals surface area contributed by atoms with Crippen LogP contribution in [0.4, 0.5) is 14.5 Å². The Kier molecular flexibility index (Phi) is 5.70. The molecule has 0 aliphatic heterocycles. The molecule has 0 bridgehead atoms. The molecular formula is C23H18F2N4O2. The molecule has 1 aromatic heterocycles. The summed E-state index contributed by atoms with van der Waals surface area (Å²) in [7, 11) is 0. The molecule has 1 heterocycles. The van der Waals surface area contributed by atoms with E-state index in [-0.39, 0.29) is 5.56 Å². The minimum atomic E-state index is -2.74. The Morgan fingerprint density at radius 1 is 0.903 bits per heavy atom. The first-order chi connectivity index (χ1) is 15.0. The Balaban J connectivity index is 1.59. The standard InChI is InChI=1S/C23H18F2N4O2/c24-20(25)21-27-17-12-11-15(13-18(17)28-21)22(30)29-19(14-7-3-1-4-8-14)23(31)26-16-9-5-2-6-10-16/h1-13,19-20H,(H,26,31)(H,27,28)(H,29,30). The van der Waals surface area contributed by atoms with Crippen molar-refractivity contribution in [2.75, 3.05) is 5.32 Å². The van der Waals surface area contributed by atoms with E-state index in [4.69, 9.17) is 0 Å². The van der Waals surface area contributed by atoms with Gasteiger partial charge in [-0.3, -0.25) is 9.59 Å². The number of fused-ring (bicyclic) bond motifs is 1. The number of halogens is 2. The number of hydrogen-bond donors (Lipinski definition) is 3. The average molecular weight is 420 g/mol. The molecule has 0 aliphatic rings. The molecule has 0 fully saturated rings. The Hall–Kier alpha value is -4.07. The highest BCUT2D eigenvalue weighted by atomic mass is 19.3. The van der Waals surface area contributed by atoms with Crippen LogP contribution in [-0.2, 0) is 4.79 Å². The van der Waals surface area contributed by atoms with Crippen LogP contribution in [0.2, 0.25) is 0 Å². The number of rotatable bonds is 6. The number of H-pyrrole nitrogens is 1. The highest BCUT2D eigenvalue weighted by molar-refractivity contribution is 6.02. The van der Waals surface area contributed by atoms with Crippen LogP contribution < -0.4 is 10.6 Å². The summed E-state index contributed by atoms with van der Waals surface area (Å²) < 4.78 is 25.7. The first-order valence-electron chi connectivity index (χ1n) is 9.51. The third-order valence-corrected chi connectivity index (χ3v) is 4.68. The van der Waals surface area contributed by atoms with Gasteiger partial charge in [0.05, 0.1) is 11.0 Å². The van der Waals surface area contributed by atoms with Gasteiger partial charge in [0, 0.05) is 11.3 Å². The van der Waals surface area contributed by atoms with Gasteiger partial charge in [-0.25, -0.2) is 13.8 Å². The smallest absolute Gasteiger partial charge is 0.295 e. The molecule has 1 unspecified atom stereocenters. The van der Waals surface area contributed by atoms with Crippen LogP contribution in [0.3, 0.4) is 0 Å². The summed E-state index contributed by atoms with van der Waals surface area (Å²) in [5, 5.41) is 5.52. The lowest BCUT2D eigenvalue weighted by Gasteiger charge is -2.19. The maximum atomic E-state index is 12.9. The van der Waals surface area contributed by atoms with Crippen molar-refractivity contribution in [3.8, 4) is 0 Å². The summed E-state index contributed by atoms with van der Waals surface area (Å²) in [5.41, 5.74) is 2.06. The summed E-state index contributed by atoms with van der Waals surface area (Å²) >= 11 is 0. The van der Waals surface area contributed by atoms with E-state index in [2.05, 4.69) is 20.6 Å². The highest BCUT2D eigenvalue weighted by Gasteiger charge is 2.24. The fraction of sp³-hybridized carbons (Fsp3) is 0.0870. The van der Waals surface area contributed by atoms with Crippen molar-refractivity contribution in [3.63, 3.8) is 0 Å². The molecule has 0 saturated carbocycles. The molecule has 2 amide bonds. The minimum absolute atomic E-state index is 0.213. The van der Waals surface area contributed by atoms with Gasteiger partial charge in [0.2, 0.25) is 0 Å².